The van der Waals surface area contributed by atoms with Crippen LogP contribution in [0.5, 0.6) is 0 Å². The Hall–Kier alpha value is -2.64. The Labute approximate surface area is 165 Å². The molecule has 0 fully saturated rings. The standard InChI is InChI=1S/C20H18N2O3S2/c1-13(23)21-16-7-9-18(10-8-16)26-11-17-12-27-19(22-17)14-3-5-15(6-4-14)20(24)25-2/h3-10,12H,11H2,1-2H3,(H,21,23). The summed E-state index contributed by atoms with van der Waals surface area (Å²) in [6.45, 7) is 1.49. The molecule has 1 aromatic heterocycles. The van der Waals surface area contributed by atoms with Gasteiger partial charge in [0.1, 0.15) is 5.01 Å². The molecule has 1 amide bonds. The molecule has 0 aliphatic heterocycles. The maximum Gasteiger partial charge on any atom is 0.337 e. The second kappa shape index (κ2) is 8.83. The zero-order valence-electron chi connectivity index (χ0n) is 14.9. The number of hydrogen-bond donors (Lipinski definition) is 1. The molecular weight excluding hydrogens is 380 g/mol. The highest BCUT2D eigenvalue weighted by molar-refractivity contribution is 7.98. The predicted octanol–water partition coefficient (Wildman–Crippen LogP) is 4.85. The van der Waals surface area contributed by atoms with Crippen LogP contribution in [0.3, 0.4) is 0 Å². The molecule has 138 valence electrons. The third-order valence-corrected chi connectivity index (χ3v) is 5.65. The van der Waals surface area contributed by atoms with E-state index < -0.39 is 0 Å². The first-order valence-electron chi connectivity index (χ1n) is 8.19. The summed E-state index contributed by atoms with van der Waals surface area (Å²) in [7, 11) is 1.37. The number of ether oxygens (including phenoxy) is 1. The zero-order valence-corrected chi connectivity index (χ0v) is 16.5. The fourth-order valence-corrected chi connectivity index (χ4v) is 4.09. The summed E-state index contributed by atoms with van der Waals surface area (Å²) >= 11 is 3.27. The van der Waals surface area contributed by atoms with Crippen molar-refractivity contribution in [1.82, 2.24) is 4.98 Å². The number of hydrogen-bond acceptors (Lipinski definition) is 6. The lowest BCUT2D eigenvalue weighted by Crippen LogP contribution is -2.05. The van der Waals surface area contributed by atoms with Gasteiger partial charge >= 0.3 is 5.97 Å². The molecule has 3 aromatic rings. The maximum atomic E-state index is 11.5. The molecule has 0 spiro atoms. The molecule has 2 aromatic carbocycles. The van der Waals surface area contributed by atoms with Gasteiger partial charge in [-0.2, -0.15) is 0 Å². The third kappa shape index (κ3) is 5.18. The van der Waals surface area contributed by atoms with E-state index in [2.05, 4.69) is 10.3 Å². The van der Waals surface area contributed by atoms with Gasteiger partial charge in [-0.25, -0.2) is 9.78 Å². The van der Waals surface area contributed by atoms with Crippen molar-refractivity contribution in [1.29, 1.82) is 0 Å². The minimum atomic E-state index is -0.345. The van der Waals surface area contributed by atoms with Gasteiger partial charge < -0.3 is 10.1 Å². The second-order valence-corrected chi connectivity index (χ2v) is 7.61. The highest BCUT2D eigenvalue weighted by Crippen LogP contribution is 2.28. The number of methoxy groups -OCH3 is 1. The molecule has 0 atom stereocenters. The van der Waals surface area contributed by atoms with Gasteiger partial charge in [-0.1, -0.05) is 12.1 Å². The van der Waals surface area contributed by atoms with Crippen LogP contribution in [0.15, 0.2) is 58.8 Å². The van der Waals surface area contributed by atoms with Crippen molar-refractivity contribution in [3.8, 4) is 10.6 Å². The lowest BCUT2D eigenvalue weighted by atomic mass is 10.1. The number of benzene rings is 2. The van der Waals surface area contributed by atoms with Gasteiger partial charge in [0.15, 0.2) is 0 Å². The first kappa shape index (κ1) is 19.1. The fraction of sp³-hybridized carbons (Fsp3) is 0.150. The number of carbonyl (C=O) groups excluding carboxylic acids is 2. The van der Waals surface area contributed by atoms with E-state index in [9.17, 15) is 9.59 Å². The van der Waals surface area contributed by atoms with Gasteiger partial charge in [0.25, 0.3) is 0 Å². The molecular formula is C20H18N2O3S2. The van der Waals surface area contributed by atoms with Crippen LogP contribution in [0.25, 0.3) is 10.6 Å². The first-order valence-corrected chi connectivity index (χ1v) is 10.1. The van der Waals surface area contributed by atoms with Crippen molar-refractivity contribution in [2.24, 2.45) is 0 Å². The summed E-state index contributed by atoms with van der Waals surface area (Å²) in [4.78, 5) is 28.3. The minimum Gasteiger partial charge on any atom is -0.465 e. The molecule has 7 heteroatoms. The van der Waals surface area contributed by atoms with Crippen molar-refractivity contribution in [2.75, 3.05) is 12.4 Å². The van der Waals surface area contributed by atoms with Crippen LogP contribution in [0.4, 0.5) is 5.69 Å². The molecule has 5 nitrogen and oxygen atoms in total. The number of nitrogens with one attached hydrogen (secondary N) is 1. The Morgan fingerprint density at radius 3 is 2.44 bits per heavy atom. The number of nitrogens with zero attached hydrogens (tertiary/aromatic N) is 1. The summed E-state index contributed by atoms with van der Waals surface area (Å²) in [5, 5.41) is 5.72. The third-order valence-electron chi connectivity index (χ3n) is 3.67. The fourth-order valence-electron chi connectivity index (χ4n) is 2.37. The highest BCUT2D eigenvalue weighted by atomic mass is 32.2. The molecule has 0 saturated carbocycles. The Morgan fingerprint density at radius 2 is 1.81 bits per heavy atom. The molecule has 1 heterocycles. The second-order valence-electron chi connectivity index (χ2n) is 5.71. The quantitative estimate of drug-likeness (QED) is 0.475. The van der Waals surface area contributed by atoms with E-state index in [1.54, 1.807) is 35.2 Å². The van der Waals surface area contributed by atoms with Gasteiger partial charge in [0, 0.05) is 34.2 Å². The minimum absolute atomic E-state index is 0.0787. The average molecular weight is 399 g/mol. The van der Waals surface area contributed by atoms with Crippen molar-refractivity contribution in [3.63, 3.8) is 0 Å². The molecule has 0 bridgehead atoms. The van der Waals surface area contributed by atoms with Gasteiger partial charge in [0.2, 0.25) is 5.91 Å². The van der Waals surface area contributed by atoms with Crippen molar-refractivity contribution in [2.45, 2.75) is 17.6 Å². The monoisotopic (exact) mass is 398 g/mol. The van der Waals surface area contributed by atoms with Crippen molar-refractivity contribution < 1.29 is 14.3 Å². The van der Waals surface area contributed by atoms with Crippen LogP contribution in [0.1, 0.15) is 23.0 Å². The number of thioether (sulfide) groups is 1. The number of aromatic nitrogens is 1. The largest absolute Gasteiger partial charge is 0.465 e. The summed E-state index contributed by atoms with van der Waals surface area (Å²) in [5.74, 6) is 0.336. The van der Waals surface area contributed by atoms with E-state index in [0.29, 0.717) is 5.56 Å². The molecule has 27 heavy (non-hydrogen) atoms. The number of rotatable bonds is 6. The van der Waals surface area contributed by atoms with Crippen LogP contribution in [-0.4, -0.2) is 24.0 Å². The Morgan fingerprint density at radius 1 is 1.11 bits per heavy atom. The van der Waals surface area contributed by atoms with E-state index in [1.807, 2.05) is 41.8 Å². The Kier molecular flexibility index (Phi) is 6.26. The van der Waals surface area contributed by atoms with Gasteiger partial charge in [0.05, 0.1) is 18.4 Å². The summed E-state index contributed by atoms with van der Waals surface area (Å²) in [6.07, 6.45) is 0. The van der Waals surface area contributed by atoms with E-state index in [1.165, 1.54) is 14.0 Å². The lowest BCUT2D eigenvalue weighted by Gasteiger charge is -2.04. The predicted molar refractivity (Wildman–Crippen MR) is 109 cm³/mol. The van der Waals surface area contributed by atoms with Crippen LogP contribution in [0, 0.1) is 0 Å². The molecule has 1 N–H and O–H groups in total. The number of anilines is 1. The van der Waals surface area contributed by atoms with Crippen molar-refractivity contribution >= 4 is 40.7 Å². The highest BCUT2D eigenvalue weighted by Gasteiger charge is 2.08. The normalized spacial score (nSPS) is 10.4. The SMILES string of the molecule is COC(=O)c1ccc(-c2nc(CSc3ccc(NC(C)=O)cc3)cs2)cc1. The summed E-state index contributed by atoms with van der Waals surface area (Å²) in [5.41, 5.74) is 3.29. The molecule has 0 aliphatic carbocycles. The average Bonchev–Trinajstić information content (AvgIpc) is 3.15. The first-order chi connectivity index (χ1) is 13.0. The van der Waals surface area contributed by atoms with Gasteiger partial charge in [-0.3, -0.25) is 4.79 Å². The van der Waals surface area contributed by atoms with E-state index in [4.69, 9.17) is 4.74 Å². The van der Waals surface area contributed by atoms with Crippen LogP contribution < -0.4 is 5.32 Å². The van der Waals surface area contributed by atoms with Gasteiger partial charge in [-0.15, -0.1) is 23.1 Å². The smallest absolute Gasteiger partial charge is 0.337 e. The topological polar surface area (TPSA) is 68.3 Å². The molecule has 3 rings (SSSR count). The molecule has 0 saturated heterocycles. The Bertz CT molecular complexity index is 935. The van der Waals surface area contributed by atoms with Crippen LogP contribution >= 0.6 is 23.1 Å². The zero-order chi connectivity index (χ0) is 19.2. The van der Waals surface area contributed by atoms with E-state index >= 15 is 0 Å². The molecule has 0 radical (unpaired) electrons. The number of amides is 1. The van der Waals surface area contributed by atoms with Crippen LogP contribution in [-0.2, 0) is 15.3 Å². The maximum absolute atomic E-state index is 11.5. The summed E-state index contributed by atoms with van der Waals surface area (Å²) in [6, 6.07) is 15.0. The van der Waals surface area contributed by atoms with E-state index in [-0.39, 0.29) is 11.9 Å². The lowest BCUT2D eigenvalue weighted by molar-refractivity contribution is -0.114. The molecule has 0 unspecified atom stereocenters. The number of esters is 1. The van der Waals surface area contributed by atoms with E-state index in [0.717, 1.165) is 32.6 Å². The van der Waals surface area contributed by atoms with Crippen molar-refractivity contribution in [3.05, 3.63) is 65.2 Å². The van der Waals surface area contributed by atoms with Crippen LogP contribution in [0.2, 0.25) is 0 Å². The Balaban J connectivity index is 1.61. The number of thiazole rings is 1. The van der Waals surface area contributed by atoms with Gasteiger partial charge in [-0.05, 0) is 36.4 Å². The molecule has 0 aliphatic rings. The summed E-state index contributed by atoms with van der Waals surface area (Å²) < 4.78 is 4.71. The number of carbonyl (C=O) groups is 2.